The van der Waals surface area contributed by atoms with Gasteiger partial charge in [0.15, 0.2) is 0 Å². The maximum Gasteiger partial charge on any atom is 0.271 e. The Kier molecular flexibility index (Phi) is 4.81. The predicted molar refractivity (Wildman–Crippen MR) is 90.0 cm³/mol. The number of rotatable bonds is 4. The zero-order valence-corrected chi connectivity index (χ0v) is 13.8. The van der Waals surface area contributed by atoms with Crippen molar-refractivity contribution >= 4 is 0 Å². The highest BCUT2D eigenvalue weighted by molar-refractivity contribution is 5.31. The molecule has 4 nitrogen and oxygen atoms in total. The van der Waals surface area contributed by atoms with Crippen molar-refractivity contribution in [2.45, 2.75) is 52.1 Å². The third kappa shape index (κ3) is 3.45. The molecule has 2 rings (SSSR count). The van der Waals surface area contributed by atoms with E-state index in [1.807, 2.05) is 43.3 Å². The molecule has 1 unspecified atom stereocenters. The van der Waals surface area contributed by atoms with Crippen molar-refractivity contribution in [1.29, 1.82) is 0 Å². The molecule has 22 heavy (non-hydrogen) atoms. The Hall–Kier alpha value is -1.94. The molecule has 118 valence electrons. The first kappa shape index (κ1) is 16.4. The summed E-state index contributed by atoms with van der Waals surface area (Å²) in [6.07, 6.45) is 0.862. The number of aromatic nitrogens is 2. The van der Waals surface area contributed by atoms with Crippen LogP contribution in [0.2, 0.25) is 0 Å². The highest BCUT2D eigenvalue weighted by atomic mass is 16.1. The van der Waals surface area contributed by atoms with Crippen LogP contribution in [0.3, 0.4) is 0 Å². The molecule has 0 fully saturated rings. The Bertz CT molecular complexity index is 684. The third-order valence-corrected chi connectivity index (χ3v) is 3.70. The molecule has 0 saturated carbocycles. The van der Waals surface area contributed by atoms with Crippen LogP contribution in [0.1, 0.15) is 57.0 Å². The van der Waals surface area contributed by atoms with Gasteiger partial charge in [0.05, 0.1) is 11.7 Å². The summed E-state index contributed by atoms with van der Waals surface area (Å²) in [4.78, 5) is 12.7. The Balaban J connectivity index is 2.59. The van der Waals surface area contributed by atoms with Crippen LogP contribution in [0.15, 0.2) is 41.2 Å². The molecule has 0 spiro atoms. The molecule has 1 aromatic heterocycles. The molecule has 0 saturated heterocycles. The first-order valence-electron chi connectivity index (χ1n) is 7.77. The van der Waals surface area contributed by atoms with Gasteiger partial charge in [-0.2, -0.15) is 5.10 Å². The van der Waals surface area contributed by atoms with Crippen molar-refractivity contribution in [3.63, 3.8) is 0 Å². The lowest BCUT2D eigenvalue weighted by atomic mass is 9.90. The van der Waals surface area contributed by atoms with E-state index in [1.165, 1.54) is 0 Å². The van der Waals surface area contributed by atoms with Crippen LogP contribution in [0, 0.1) is 0 Å². The molecule has 0 aliphatic rings. The molecule has 0 aliphatic heterocycles. The molecule has 1 heterocycles. The monoisotopic (exact) mass is 299 g/mol. The van der Waals surface area contributed by atoms with Crippen molar-refractivity contribution in [3.8, 4) is 0 Å². The van der Waals surface area contributed by atoms with Crippen LogP contribution in [0.25, 0.3) is 0 Å². The molecule has 0 aliphatic carbocycles. The normalized spacial score (nSPS) is 13.1. The average Bonchev–Trinajstić information content (AvgIpc) is 2.48. The summed E-state index contributed by atoms with van der Waals surface area (Å²) in [7, 11) is 0. The van der Waals surface area contributed by atoms with E-state index < -0.39 is 6.04 Å². The Morgan fingerprint density at radius 1 is 1.23 bits per heavy atom. The van der Waals surface area contributed by atoms with Crippen LogP contribution >= 0.6 is 0 Å². The lowest BCUT2D eigenvalue weighted by Crippen LogP contribution is -2.33. The first-order valence-corrected chi connectivity index (χ1v) is 7.77. The molecule has 4 heteroatoms. The summed E-state index contributed by atoms with van der Waals surface area (Å²) in [5, 5.41) is 4.52. The van der Waals surface area contributed by atoms with Crippen molar-refractivity contribution < 1.29 is 0 Å². The quantitative estimate of drug-likeness (QED) is 0.944. The second-order valence-corrected chi connectivity index (χ2v) is 6.65. The second-order valence-electron chi connectivity index (χ2n) is 6.65. The zero-order chi connectivity index (χ0) is 16.3. The number of benzene rings is 1. The standard InChI is InChI=1S/C18H25N3O/c1-5-11-21-17(22)14(12-15(20-21)18(2,3)4)16(19)13-9-7-6-8-10-13/h6-10,12,16H,5,11,19H2,1-4H3. The minimum atomic E-state index is -0.430. The van der Waals surface area contributed by atoms with Crippen molar-refractivity contribution in [2.24, 2.45) is 5.73 Å². The number of nitrogens with two attached hydrogens (primary N) is 1. The van der Waals surface area contributed by atoms with Crippen LogP contribution in [0.4, 0.5) is 0 Å². The highest BCUT2D eigenvalue weighted by Crippen LogP contribution is 2.23. The van der Waals surface area contributed by atoms with Gasteiger partial charge >= 0.3 is 0 Å². The molecule has 0 radical (unpaired) electrons. The van der Waals surface area contributed by atoms with Crippen LogP contribution in [-0.4, -0.2) is 9.78 Å². The minimum absolute atomic E-state index is 0.0915. The van der Waals surface area contributed by atoms with Crippen molar-refractivity contribution in [3.05, 3.63) is 63.6 Å². The first-order chi connectivity index (χ1) is 10.3. The van der Waals surface area contributed by atoms with E-state index in [4.69, 9.17) is 5.73 Å². The smallest absolute Gasteiger partial charge is 0.271 e. The second kappa shape index (κ2) is 6.44. The van der Waals surface area contributed by atoms with Crippen molar-refractivity contribution in [2.75, 3.05) is 0 Å². The topological polar surface area (TPSA) is 60.9 Å². The third-order valence-electron chi connectivity index (χ3n) is 3.70. The van der Waals surface area contributed by atoms with E-state index in [2.05, 4.69) is 25.9 Å². The van der Waals surface area contributed by atoms with E-state index in [0.29, 0.717) is 12.1 Å². The van der Waals surface area contributed by atoms with Gasteiger partial charge in [0.25, 0.3) is 5.56 Å². The fourth-order valence-corrected chi connectivity index (χ4v) is 2.35. The van der Waals surface area contributed by atoms with Crippen LogP contribution < -0.4 is 11.3 Å². The van der Waals surface area contributed by atoms with Gasteiger partial charge in [-0.15, -0.1) is 0 Å². The molecule has 0 amide bonds. The van der Waals surface area contributed by atoms with Gasteiger partial charge in [-0.05, 0) is 18.1 Å². The summed E-state index contributed by atoms with van der Waals surface area (Å²) in [6, 6.07) is 11.2. The van der Waals surface area contributed by atoms with Crippen LogP contribution in [-0.2, 0) is 12.0 Å². The fourth-order valence-electron chi connectivity index (χ4n) is 2.35. The SMILES string of the molecule is CCCn1nc(C(C)(C)C)cc(C(N)c2ccccc2)c1=O. The summed E-state index contributed by atoms with van der Waals surface area (Å²) in [6.45, 7) is 8.92. The molecule has 2 N–H and O–H groups in total. The molecule has 0 bridgehead atoms. The summed E-state index contributed by atoms with van der Waals surface area (Å²) in [5.74, 6) is 0. The van der Waals surface area contributed by atoms with E-state index in [0.717, 1.165) is 17.7 Å². The Morgan fingerprint density at radius 3 is 2.41 bits per heavy atom. The highest BCUT2D eigenvalue weighted by Gasteiger charge is 2.22. The van der Waals surface area contributed by atoms with Crippen molar-refractivity contribution in [1.82, 2.24) is 9.78 Å². The lowest BCUT2D eigenvalue weighted by Gasteiger charge is -2.22. The maximum absolute atomic E-state index is 12.7. The van der Waals surface area contributed by atoms with E-state index in [9.17, 15) is 4.79 Å². The fraction of sp³-hybridized carbons (Fsp3) is 0.444. The van der Waals surface area contributed by atoms with Gasteiger partial charge in [-0.25, -0.2) is 4.68 Å². The largest absolute Gasteiger partial charge is 0.320 e. The van der Waals surface area contributed by atoms with Crippen LogP contribution in [0.5, 0.6) is 0 Å². The zero-order valence-electron chi connectivity index (χ0n) is 13.8. The molecule has 2 aromatic rings. The molecule has 1 atom stereocenters. The predicted octanol–water partition coefficient (Wildman–Crippen LogP) is 3.00. The van der Waals surface area contributed by atoms with Gasteiger partial charge in [0.1, 0.15) is 0 Å². The van der Waals surface area contributed by atoms with E-state index in [-0.39, 0.29) is 11.0 Å². The number of aryl methyl sites for hydroxylation is 1. The van der Waals surface area contributed by atoms with Gasteiger partial charge in [0.2, 0.25) is 0 Å². The van der Waals surface area contributed by atoms with Gasteiger partial charge in [-0.1, -0.05) is 58.0 Å². The molecule has 1 aromatic carbocycles. The maximum atomic E-state index is 12.7. The molecular weight excluding hydrogens is 274 g/mol. The average molecular weight is 299 g/mol. The summed E-state index contributed by atoms with van der Waals surface area (Å²) < 4.78 is 1.55. The lowest BCUT2D eigenvalue weighted by molar-refractivity contribution is 0.489. The Labute approximate surface area is 132 Å². The summed E-state index contributed by atoms with van der Waals surface area (Å²) >= 11 is 0. The Morgan fingerprint density at radius 2 is 1.86 bits per heavy atom. The number of hydrogen-bond donors (Lipinski definition) is 1. The van der Waals surface area contributed by atoms with E-state index in [1.54, 1.807) is 4.68 Å². The van der Waals surface area contributed by atoms with Gasteiger partial charge in [-0.3, -0.25) is 4.79 Å². The molecular formula is C18H25N3O. The van der Waals surface area contributed by atoms with Gasteiger partial charge < -0.3 is 5.73 Å². The van der Waals surface area contributed by atoms with Gasteiger partial charge in [0, 0.05) is 17.5 Å². The van der Waals surface area contributed by atoms with E-state index >= 15 is 0 Å². The minimum Gasteiger partial charge on any atom is -0.320 e. The summed E-state index contributed by atoms with van der Waals surface area (Å²) in [5.41, 5.74) is 8.57. The number of hydrogen-bond acceptors (Lipinski definition) is 3. The number of nitrogens with zero attached hydrogens (tertiary/aromatic N) is 2.